The molecule has 0 aromatic heterocycles. The zero-order chi connectivity index (χ0) is 22.0. The van der Waals surface area contributed by atoms with Crippen LogP contribution in [0.1, 0.15) is 36.6 Å². The Morgan fingerprint density at radius 3 is 2.40 bits per heavy atom. The third-order valence-corrected chi connectivity index (χ3v) is 4.94. The number of carbonyl (C=O) groups excluding carboxylic acids is 2. The molecule has 1 N–H and O–H groups in total. The quantitative estimate of drug-likeness (QED) is 0.438. The van der Waals surface area contributed by atoms with Crippen LogP contribution in [-0.2, 0) is 14.3 Å². The number of aryl methyl sites for hydroxylation is 1. The molecule has 1 unspecified atom stereocenters. The minimum atomic E-state index is -0.910. The van der Waals surface area contributed by atoms with Crippen LogP contribution in [0.25, 0.3) is 5.76 Å². The number of carbonyl (C=O) groups is 2. The highest BCUT2D eigenvalue weighted by atomic mass is 19.1. The van der Waals surface area contributed by atoms with Crippen molar-refractivity contribution in [2.75, 3.05) is 13.2 Å². The first-order valence-electron chi connectivity index (χ1n) is 9.62. The van der Waals surface area contributed by atoms with Gasteiger partial charge in [-0.3, -0.25) is 9.59 Å². The van der Waals surface area contributed by atoms with Crippen LogP contribution in [0.3, 0.4) is 0 Å². The second-order valence-electron chi connectivity index (χ2n) is 7.43. The number of benzene rings is 2. The second-order valence-corrected chi connectivity index (χ2v) is 7.43. The third-order valence-electron chi connectivity index (χ3n) is 4.94. The van der Waals surface area contributed by atoms with Crippen molar-refractivity contribution in [1.29, 1.82) is 0 Å². The summed E-state index contributed by atoms with van der Waals surface area (Å²) in [5.74, 6) is -2.95. The normalized spacial score (nSPS) is 18.5. The zero-order valence-electron chi connectivity index (χ0n) is 17.0. The Kier molecular flexibility index (Phi) is 6.31. The summed E-state index contributed by atoms with van der Waals surface area (Å²) in [4.78, 5) is 26.9. The zero-order valence-corrected chi connectivity index (χ0v) is 17.0. The fourth-order valence-electron chi connectivity index (χ4n) is 3.44. The maximum Gasteiger partial charge on any atom is 0.295 e. The van der Waals surface area contributed by atoms with Gasteiger partial charge in [-0.25, -0.2) is 8.78 Å². The Morgan fingerprint density at radius 2 is 1.80 bits per heavy atom. The number of aliphatic hydroxyl groups is 1. The Bertz CT molecular complexity index is 999. The van der Waals surface area contributed by atoms with E-state index in [9.17, 15) is 23.5 Å². The first kappa shape index (κ1) is 21.6. The van der Waals surface area contributed by atoms with Gasteiger partial charge in [-0.15, -0.1) is 0 Å². The third kappa shape index (κ3) is 4.26. The molecule has 1 heterocycles. The van der Waals surface area contributed by atoms with Crippen molar-refractivity contribution in [2.45, 2.75) is 32.9 Å². The molecular formula is C23H23F2NO4. The highest BCUT2D eigenvalue weighted by Crippen LogP contribution is 2.39. The van der Waals surface area contributed by atoms with E-state index in [1.807, 2.05) is 13.8 Å². The summed E-state index contributed by atoms with van der Waals surface area (Å²) in [5.41, 5.74) is 0.858. The van der Waals surface area contributed by atoms with E-state index in [1.54, 1.807) is 0 Å². The van der Waals surface area contributed by atoms with Gasteiger partial charge in [0.15, 0.2) is 0 Å². The topological polar surface area (TPSA) is 66.8 Å². The van der Waals surface area contributed by atoms with Crippen LogP contribution in [-0.4, -0.2) is 41.0 Å². The molecule has 5 nitrogen and oxygen atoms in total. The molecule has 7 heteroatoms. The van der Waals surface area contributed by atoms with E-state index in [2.05, 4.69) is 0 Å². The average molecular weight is 415 g/mol. The first-order chi connectivity index (χ1) is 14.2. The van der Waals surface area contributed by atoms with Gasteiger partial charge < -0.3 is 14.7 Å². The van der Waals surface area contributed by atoms with Crippen LogP contribution < -0.4 is 0 Å². The van der Waals surface area contributed by atoms with Crippen molar-refractivity contribution in [3.05, 3.63) is 76.4 Å². The Labute approximate surface area is 173 Å². The lowest BCUT2D eigenvalue weighted by Crippen LogP contribution is -2.33. The summed E-state index contributed by atoms with van der Waals surface area (Å²) in [6.45, 7) is 5.54. The van der Waals surface area contributed by atoms with E-state index >= 15 is 0 Å². The first-order valence-corrected chi connectivity index (χ1v) is 9.62. The highest BCUT2D eigenvalue weighted by Gasteiger charge is 2.45. The van der Waals surface area contributed by atoms with Gasteiger partial charge in [-0.2, -0.15) is 0 Å². The number of aliphatic hydroxyl groups excluding tert-OH is 1. The maximum absolute atomic E-state index is 13.6. The maximum atomic E-state index is 13.6. The number of hydrogen-bond donors (Lipinski definition) is 1. The molecule has 1 fully saturated rings. The predicted molar refractivity (Wildman–Crippen MR) is 108 cm³/mol. The van der Waals surface area contributed by atoms with Crippen molar-refractivity contribution in [2.24, 2.45) is 0 Å². The molecule has 1 aliphatic rings. The molecule has 1 aliphatic heterocycles. The summed E-state index contributed by atoms with van der Waals surface area (Å²) in [5, 5.41) is 10.9. The summed E-state index contributed by atoms with van der Waals surface area (Å²) >= 11 is 0. The minimum Gasteiger partial charge on any atom is -0.507 e. The number of amides is 1. The van der Waals surface area contributed by atoms with Crippen molar-refractivity contribution in [3.8, 4) is 0 Å². The number of ketones is 1. The SMILES string of the molecule is Cc1cc(/C(O)=C2/C(=O)C(=O)N(CCOC(C)C)C2c2ccc(F)cc2)ccc1F. The molecular weight excluding hydrogens is 392 g/mol. The molecule has 2 aromatic rings. The molecule has 3 rings (SSSR count). The lowest BCUT2D eigenvalue weighted by atomic mass is 9.95. The molecule has 1 saturated heterocycles. The number of rotatable bonds is 6. The molecule has 0 spiro atoms. The minimum absolute atomic E-state index is 0.0618. The molecule has 0 radical (unpaired) electrons. The van der Waals surface area contributed by atoms with E-state index in [4.69, 9.17) is 4.74 Å². The average Bonchev–Trinajstić information content (AvgIpc) is 2.95. The van der Waals surface area contributed by atoms with E-state index in [0.717, 1.165) is 0 Å². The van der Waals surface area contributed by atoms with E-state index in [0.29, 0.717) is 5.56 Å². The van der Waals surface area contributed by atoms with Gasteiger partial charge in [0.2, 0.25) is 0 Å². The van der Waals surface area contributed by atoms with Gasteiger partial charge in [0.1, 0.15) is 17.4 Å². The van der Waals surface area contributed by atoms with Gasteiger partial charge in [0.25, 0.3) is 11.7 Å². The van der Waals surface area contributed by atoms with Crippen LogP contribution in [0.4, 0.5) is 8.78 Å². The van der Waals surface area contributed by atoms with Crippen LogP contribution in [0.2, 0.25) is 0 Å². The monoisotopic (exact) mass is 415 g/mol. The van der Waals surface area contributed by atoms with Gasteiger partial charge in [0.05, 0.1) is 24.3 Å². The van der Waals surface area contributed by atoms with Gasteiger partial charge >= 0.3 is 0 Å². The second kappa shape index (κ2) is 8.75. The molecule has 0 aliphatic carbocycles. The predicted octanol–water partition coefficient (Wildman–Crippen LogP) is 4.12. The molecule has 158 valence electrons. The number of likely N-dealkylation sites (tertiary alicyclic amines) is 1. The molecule has 30 heavy (non-hydrogen) atoms. The van der Waals surface area contributed by atoms with Gasteiger partial charge in [0, 0.05) is 12.1 Å². The van der Waals surface area contributed by atoms with Gasteiger partial charge in [-0.1, -0.05) is 12.1 Å². The molecule has 0 saturated carbocycles. The summed E-state index contributed by atoms with van der Waals surface area (Å²) in [7, 11) is 0. The van der Waals surface area contributed by atoms with E-state index in [1.165, 1.54) is 54.3 Å². The van der Waals surface area contributed by atoms with Gasteiger partial charge in [-0.05, 0) is 62.2 Å². The molecule has 1 atom stereocenters. The number of Topliss-reactive ketones (excluding diaryl/α,β-unsaturated/α-hetero) is 1. The number of hydrogen-bond acceptors (Lipinski definition) is 4. The number of nitrogens with zero attached hydrogens (tertiary/aromatic N) is 1. The summed E-state index contributed by atoms with van der Waals surface area (Å²) < 4.78 is 32.6. The van der Waals surface area contributed by atoms with Crippen LogP contribution in [0.5, 0.6) is 0 Å². The Hall–Kier alpha value is -3.06. The standard InChI is InChI=1S/C23H23F2NO4/c1-13(2)30-11-10-26-20(15-4-7-17(24)8-5-15)19(22(28)23(26)29)21(27)16-6-9-18(25)14(3)12-16/h4-9,12-13,20,27H,10-11H2,1-3H3/b21-19-. The fraction of sp³-hybridized carbons (Fsp3) is 0.304. The van der Waals surface area contributed by atoms with Crippen molar-refractivity contribution in [3.63, 3.8) is 0 Å². The molecule has 1 amide bonds. The lowest BCUT2D eigenvalue weighted by molar-refractivity contribution is -0.140. The van der Waals surface area contributed by atoms with E-state index < -0.39 is 35.1 Å². The largest absolute Gasteiger partial charge is 0.507 e. The summed E-state index contributed by atoms with van der Waals surface area (Å²) in [6.07, 6.45) is -0.0618. The Balaban J connectivity index is 2.10. The van der Waals surface area contributed by atoms with Crippen molar-refractivity contribution in [1.82, 2.24) is 4.90 Å². The van der Waals surface area contributed by atoms with Crippen LogP contribution >= 0.6 is 0 Å². The number of halogens is 2. The van der Waals surface area contributed by atoms with Crippen LogP contribution in [0.15, 0.2) is 48.0 Å². The smallest absolute Gasteiger partial charge is 0.295 e. The van der Waals surface area contributed by atoms with Crippen LogP contribution in [0, 0.1) is 18.6 Å². The van der Waals surface area contributed by atoms with E-state index in [-0.39, 0.29) is 36.0 Å². The Morgan fingerprint density at radius 1 is 1.13 bits per heavy atom. The lowest BCUT2D eigenvalue weighted by Gasteiger charge is -2.25. The van der Waals surface area contributed by atoms with Crippen molar-refractivity contribution < 1.29 is 28.2 Å². The number of ether oxygens (including phenoxy) is 1. The summed E-state index contributed by atoms with van der Waals surface area (Å²) in [6, 6.07) is 8.40. The fourth-order valence-corrected chi connectivity index (χ4v) is 3.44. The molecule has 0 bridgehead atoms. The molecule has 2 aromatic carbocycles. The highest BCUT2D eigenvalue weighted by molar-refractivity contribution is 6.46. The van der Waals surface area contributed by atoms with Crippen molar-refractivity contribution >= 4 is 17.4 Å².